The third kappa shape index (κ3) is 3.94. The Hall–Kier alpha value is -0.240. The molecule has 2 fully saturated rings. The molecule has 6 nitrogen and oxygen atoms in total. The van der Waals surface area contributed by atoms with Gasteiger partial charge in [-0.1, -0.05) is 39.0 Å². The second-order valence-electron chi connectivity index (χ2n) is 6.27. The molecule has 2 aliphatic rings. The first-order valence-electron chi connectivity index (χ1n) is 8.17. The van der Waals surface area contributed by atoms with Crippen molar-refractivity contribution in [2.45, 2.75) is 95.7 Å². The van der Waals surface area contributed by atoms with E-state index in [1.807, 2.05) is 6.92 Å². The summed E-state index contributed by atoms with van der Waals surface area (Å²) >= 11 is 0. The van der Waals surface area contributed by atoms with Gasteiger partial charge in [0.2, 0.25) is 6.29 Å². The van der Waals surface area contributed by atoms with Crippen molar-refractivity contribution in [1.29, 1.82) is 0 Å². The molecule has 1 heterocycles. The molecule has 0 aromatic heterocycles. The van der Waals surface area contributed by atoms with E-state index in [2.05, 4.69) is 11.8 Å². The Kier molecular flexibility index (Phi) is 6.40. The second kappa shape index (κ2) is 7.85. The average Bonchev–Trinajstić information content (AvgIpc) is 2.65. The molecule has 1 N–H and O–H groups in total. The van der Waals surface area contributed by atoms with Crippen LogP contribution >= 0.6 is 0 Å². The fourth-order valence-electron chi connectivity index (χ4n) is 2.99. The number of rotatable bonds is 7. The first-order chi connectivity index (χ1) is 10.2. The van der Waals surface area contributed by atoms with E-state index >= 15 is 0 Å². The van der Waals surface area contributed by atoms with Crippen LogP contribution < -0.4 is 0 Å². The molecule has 6 heteroatoms. The van der Waals surface area contributed by atoms with Crippen LogP contribution in [0.25, 0.3) is 0 Å². The lowest BCUT2D eigenvalue weighted by atomic mass is 9.80. The summed E-state index contributed by atoms with van der Waals surface area (Å²) in [4.78, 5) is 26.3. The van der Waals surface area contributed by atoms with E-state index in [0.29, 0.717) is 19.3 Å². The highest BCUT2D eigenvalue weighted by Crippen LogP contribution is 2.45. The Morgan fingerprint density at radius 3 is 2.52 bits per heavy atom. The minimum atomic E-state index is -1.30. The molecule has 1 aliphatic heterocycles. The van der Waals surface area contributed by atoms with Crippen LogP contribution in [0.5, 0.6) is 0 Å². The topological polar surface area (TPSA) is 66.4 Å². The first kappa shape index (κ1) is 17.1. The maximum absolute atomic E-state index is 9.29. The van der Waals surface area contributed by atoms with Crippen molar-refractivity contribution in [3.8, 4) is 0 Å². The number of fused-ring (bicyclic) bond motifs is 1. The van der Waals surface area contributed by atoms with Crippen molar-refractivity contribution in [2.24, 2.45) is 0 Å². The predicted molar refractivity (Wildman–Crippen MR) is 74.8 cm³/mol. The zero-order valence-corrected chi connectivity index (χ0v) is 13.1. The van der Waals surface area contributed by atoms with E-state index < -0.39 is 17.7 Å². The summed E-state index contributed by atoms with van der Waals surface area (Å²) in [6.07, 6.45) is 8.95. The van der Waals surface area contributed by atoms with Gasteiger partial charge in [-0.3, -0.25) is 0 Å². The van der Waals surface area contributed by atoms with Crippen molar-refractivity contribution in [3.05, 3.63) is 0 Å². The van der Waals surface area contributed by atoms with Crippen molar-refractivity contribution in [1.82, 2.24) is 0 Å². The predicted octanol–water partition coefficient (Wildman–Crippen LogP) is 4.10. The molecule has 1 saturated heterocycles. The van der Waals surface area contributed by atoms with Crippen molar-refractivity contribution in [3.63, 3.8) is 0 Å². The summed E-state index contributed by atoms with van der Waals surface area (Å²) in [6.45, 7) is 4.01. The Morgan fingerprint density at radius 2 is 1.76 bits per heavy atom. The number of hydrogen-bond donors (Lipinski definition) is 1. The first-order valence-corrected chi connectivity index (χ1v) is 8.17. The molecule has 1 aliphatic carbocycles. The largest absolute Gasteiger partial charge is 0.265 e. The second-order valence-corrected chi connectivity index (χ2v) is 6.27. The van der Waals surface area contributed by atoms with E-state index in [4.69, 9.17) is 19.6 Å². The summed E-state index contributed by atoms with van der Waals surface area (Å²) in [5.41, 5.74) is -0.864. The van der Waals surface area contributed by atoms with E-state index in [0.717, 1.165) is 25.7 Å². The van der Waals surface area contributed by atoms with E-state index in [1.165, 1.54) is 19.3 Å². The van der Waals surface area contributed by atoms with Gasteiger partial charge in [0.05, 0.1) is 0 Å². The zero-order chi connectivity index (χ0) is 15.2. The maximum atomic E-state index is 9.29. The third-order valence-electron chi connectivity index (χ3n) is 4.54. The molecule has 0 bridgehead atoms. The van der Waals surface area contributed by atoms with E-state index in [-0.39, 0.29) is 0 Å². The van der Waals surface area contributed by atoms with Gasteiger partial charge >= 0.3 is 0 Å². The molecule has 3 atom stereocenters. The van der Waals surface area contributed by atoms with Crippen LogP contribution in [-0.4, -0.2) is 22.9 Å². The van der Waals surface area contributed by atoms with Gasteiger partial charge in [0, 0.05) is 12.8 Å². The SMILES string of the molecule is CCCCCCCC1OOC2(C)CCCCC2(OO)OO1. The van der Waals surface area contributed by atoms with Crippen LogP contribution in [0, 0.1) is 0 Å². The highest BCUT2D eigenvalue weighted by Gasteiger charge is 2.59. The zero-order valence-electron chi connectivity index (χ0n) is 13.1. The molecular formula is C15H28O6. The molecule has 0 aromatic carbocycles. The summed E-state index contributed by atoms with van der Waals surface area (Å²) in [7, 11) is 0. The van der Waals surface area contributed by atoms with Crippen LogP contribution in [0.2, 0.25) is 0 Å². The lowest BCUT2D eigenvalue weighted by Crippen LogP contribution is -2.57. The molecule has 1 saturated carbocycles. The minimum Gasteiger partial charge on any atom is -0.249 e. The normalized spacial score (nSPS) is 37.0. The monoisotopic (exact) mass is 304 g/mol. The van der Waals surface area contributed by atoms with Gasteiger partial charge in [-0.15, -0.1) is 0 Å². The summed E-state index contributed by atoms with van der Waals surface area (Å²) in [5, 5.41) is 9.29. The molecule has 0 spiro atoms. The van der Waals surface area contributed by atoms with E-state index in [9.17, 15) is 5.26 Å². The molecule has 2 rings (SSSR count). The molecule has 0 amide bonds. The van der Waals surface area contributed by atoms with Gasteiger partial charge in [0.1, 0.15) is 0 Å². The van der Waals surface area contributed by atoms with Crippen LogP contribution in [0.15, 0.2) is 0 Å². The summed E-state index contributed by atoms with van der Waals surface area (Å²) < 4.78 is 0. The summed E-state index contributed by atoms with van der Waals surface area (Å²) in [6, 6.07) is 0. The Labute approximate surface area is 126 Å². The fraction of sp³-hybridized carbons (Fsp3) is 1.00. The Morgan fingerprint density at radius 1 is 1.05 bits per heavy atom. The Bertz CT molecular complexity index is 313. The average molecular weight is 304 g/mol. The van der Waals surface area contributed by atoms with Crippen molar-refractivity contribution in [2.75, 3.05) is 0 Å². The van der Waals surface area contributed by atoms with Gasteiger partial charge in [0.25, 0.3) is 5.79 Å². The van der Waals surface area contributed by atoms with Gasteiger partial charge in [-0.2, -0.15) is 14.7 Å². The molecule has 21 heavy (non-hydrogen) atoms. The lowest BCUT2D eigenvalue weighted by Gasteiger charge is -2.43. The minimum absolute atomic E-state index is 0.507. The smallest absolute Gasteiger partial charge is 0.249 e. The molecule has 124 valence electrons. The van der Waals surface area contributed by atoms with Crippen molar-refractivity contribution < 1.29 is 29.7 Å². The third-order valence-corrected chi connectivity index (χ3v) is 4.54. The molecular weight excluding hydrogens is 276 g/mol. The van der Waals surface area contributed by atoms with Crippen LogP contribution in [0.3, 0.4) is 0 Å². The molecule has 0 aromatic rings. The van der Waals surface area contributed by atoms with Gasteiger partial charge in [-0.25, -0.2) is 15.0 Å². The highest BCUT2D eigenvalue weighted by atomic mass is 17.4. The standard InChI is InChI=1S/C15H28O6/c1-3-4-5-6-7-10-13-17-20-14(2)11-8-9-12-15(14,19-16)21-18-13/h13,16H,3-12H2,1-2H3. The quantitative estimate of drug-likeness (QED) is 0.434. The van der Waals surface area contributed by atoms with Crippen LogP contribution in [0.1, 0.15) is 78.1 Å². The highest BCUT2D eigenvalue weighted by molar-refractivity contribution is 4.95. The Balaban J connectivity index is 1.85. The molecule has 3 unspecified atom stereocenters. The molecule has 0 radical (unpaired) electrons. The van der Waals surface area contributed by atoms with Gasteiger partial charge < -0.3 is 0 Å². The maximum Gasteiger partial charge on any atom is 0.265 e. The number of unbranched alkanes of at least 4 members (excludes halogenated alkanes) is 4. The van der Waals surface area contributed by atoms with Gasteiger partial charge in [-0.05, 0) is 26.2 Å². The van der Waals surface area contributed by atoms with E-state index in [1.54, 1.807) is 0 Å². The van der Waals surface area contributed by atoms with Gasteiger partial charge in [0.15, 0.2) is 5.60 Å². The van der Waals surface area contributed by atoms with Crippen LogP contribution in [0.4, 0.5) is 0 Å². The van der Waals surface area contributed by atoms with Crippen LogP contribution in [-0.2, 0) is 24.4 Å². The van der Waals surface area contributed by atoms with Crippen molar-refractivity contribution >= 4 is 0 Å². The lowest BCUT2D eigenvalue weighted by molar-refractivity contribution is -0.529. The summed E-state index contributed by atoms with van der Waals surface area (Å²) in [5.74, 6) is -1.30. The number of hydrogen-bond acceptors (Lipinski definition) is 6. The fourth-order valence-corrected chi connectivity index (χ4v) is 2.99.